The van der Waals surface area contributed by atoms with Gasteiger partial charge in [0.2, 0.25) is 0 Å². The van der Waals surface area contributed by atoms with E-state index in [0.717, 1.165) is 13.0 Å². The smallest absolute Gasteiger partial charge is 0.305 e. The Morgan fingerprint density at radius 1 is 1.15 bits per heavy atom. The minimum atomic E-state index is -0.728. The third-order valence-corrected chi connectivity index (χ3v) is 3.79. The van der Waals surface area contributed by atoms with Crippen LogP contribution in [0.25, 0.3) is 0 Å². The molecular weight excluding hydrogens is 250 g/mol. The lowest BCUT2D eigenvalue weighted by molar-refractivity contribution is -0.136. The Morgan fingerprint density at radius 3 is 2.55 bits per heavy atom. The van der Waals surface area contributed by atoms with Crippen LogP contribution in [0.4, 0.5) is 5.69 Å². The van der Waals surface area contributed by atoms with Crippen LogP contribution >= 0.6 is 0 Å². The van der Waals surface area contributed by atoms with Crippen molar-refractivity contribution in [3.63, 3.8) is 0 Å². The molecule has 0 spiro atoms. The quantitative estimate of drug-likeness (QED) is 0.689. The number of hydrogen-bond donors (Lipinski definition) is 1. The first kappa shape index (κ1) is 16.5. The number of carbonyl (C=O) groups is 1. The molecule has 0 atom stereocenters. The van der Waals surface area contributed by atoms with Gasteiger partial charge in [-0.3, -0.25) is 4.79 Å². The average Bonchev–Trinajstić information content (AvgIpc) is 2.41. The molecule has 1 aromatic carbocycles. The summed E-state index contributed by atoms with van der Waals surface area (Å²) in [6.45, 7) is 7.95. The highest BCUT2D eigenvalue weighted by Crippen LogP contribution is 2.23. The number of anilines is 1. The Morgan fingerprint density at radius 2 is 1.90 bits per heavy atom. The van der Waals surface area contributed by atoms with Crippen molar-refractivity contribution in [1.29, 1.82) is 0 Å². The summed E-state index contributed by atoms with van der Waals surface area (Å²) in [4.78, 5) is 13.1. The maximum absolute atomic E-state index is 10.8. The molecule has 3 nitrogen and oxygen atoms in total. The molecule has 0 amide bonds. The number of carboxylic acids is 1. The highest BCUT2D eigenvalue weighted by molar-refractivity contribution is 5.68. The van der Waals surface area contributed by atoms with Crippen molar-refractivity contribution in [1.82, 2.24) is 0 Å². The predicted molar refractivity (Wildman–Crippen MR) is 84.5 cm³/mol. The molecule has 0 unspecified atom stereocenters. The van der Waals surface area contributed by atoms with Crippen LogP contribution in [0.2, 0.25) is 0 Å². The standard InChI is InChI=1S/C17H27NO2/c1-4-5-6-7-12-18(13-11-17(19)20)16-10-8-9-14(2)15(16)3/h8-10H,4-7,11-13H2,1-3H3,(H,19,20). The lowest BCUT2D eigenvalue weighted by Gasteiger charge is -2.26. The maximum atomic E-state index is 10.8. The Kier molecular flexibility index (Phi) is 7.13. The van der Waals surface area contributed by atoms with E-state index in [-0.39, 0.29) is 6.42 Å². The van der Waals surface area contributed by atoms with Crippen LogP contribution in [0.5, 0.6) is 0 Å². The van der Waals surface area contributed by atoms with Crippen LogP contribution in [0, 0.1) is 13.8 Å². The molecule has 1 aromatic rings. The average molecular weight is 277 g/mol. The highest BCUT2D eigenvalue weighted by Gasteiger charge is 2.11. The lowest BCUT2D eigenvalue weighted by Crippen LogP contribution is -2.28. The second kappa shape index (κ2) is 8.62. The van der Waals surface area contributed by atoms with Crippen molar-refractivity contribution < 1.29 is 9.90 Å². The molecule has 112 valence electrons. The molecule has 0 aliphatic heterocycles. The number of benzene rings is 1. The maximum Gasteiger partial charge on any atom is 0.305 e. The van der Waals surface area contributed by atoms with Gasteiger partial charge in [0.1, 0.15) is 0 Å². The highest BCUT2D eigenvalue weighted by atomic mass is 16.4. The van der Waals surface area contributed by atoms with Crippen molar-refractivity contribution in [2.75, 3.05) is 18.0 Å². The zero-order valence-electron chi connectivity index (χ0n) is 13.0. The van der Waals surface area contributed by atoms with Gasteiger partial charge >= 0.3 is 5.97 Å². The van der Waals surface area contributed by atoms with Gasteiger partial charge in [-0.15, -0.1) is 0 Å². The van der Waals surface area contributed by atoms with Crippen molar-refractivity contribution in [2.45, 2.75) is 52.9 Å². The van der Waals surface area contributed by atoms with E-state index in [1.54, 1.807) is 0 Å². The van der Waals surface area contributed by atoms with Gasteiger partial charge in [-0.05, 0) is 37.5 Å². The number of rotatable bonds is 9. The summed E-state index contributed by atoms with van der Waals surface area (Å²) in [5, 5.41) is 8.92. The summed E-state index contributed by atoms with van der Waals surface area (Å²) in [6, 6.07) is 6.26. The monoisotopic (exact) mass is 277 g/mol. The van der Waals surface area contributed by atoms with Crippen LogP contribution < -0.4 is 4.90 Å². The molecule has 0 saturated heterocycles. The van der Waals surface area contributed by atoms with E-state index in [9.17, 15) is 4.79 Å². The Balaban J connectivity index is 2.74. The summed E-state index contributed by atoms with van der Waals surface area (Å²) in [5.74, 6) is -0.728. The predicted octanol–water partition coefficient (Wildman–Crippen LogP) is 4.16. The van der Waals surface area contributed by atoms with Crippen molar-refractivity contribution >= 4 is 11.7 Å². The molecule has 20 heavy (non-hydrogen) atoms. The van der Waals surface area contributed by atoms with Crippen LogP contribution in [0.15, 0.2) is 18.2 Å². The van der Waals surface area contributed by atoms with Gasteiger partial charge in [0.25, 0.3) is 0 Å². The number of carboxylic acid groups (broad SMARTS) is 1. The number of aryl methyl sites for hydroxylation is 1. The SMILES string of the molecule is CCCCCCN(CCC(=O)O)c1cccc(C)c1C. The van der Waals surface area contributed by atoms with Crippen LogP contribution in [0.1, 0.15) is 50.2 Å². The van der Waals surface area contributed by atoms with E-state index < -0.39 is 5.97 Å². The number of unbranched alkanes of at least 4 members (excludes halogenated alkanes) is 3. The van der Waals surface area contributed by atoms with Crippen LogP contribution in [-0.2, 0) is 4.79 Å². The van der Waals surface area contributed by atoms with Gasteiger partial charge in [-0.1, -0.05) is 38.3 Å². The summed E-state index contributed by atoms with van der Waals surface area (Å²) >= 11 is 0. The molecule has 0 radical (unpaired) electrons. The van der Waals surface area contributed by atoms with Gasteiger partial charge in [-0.2, -0.15) is 0 Å². The molecule has 0 heterocycles. The summed E-state index contributed by atoms with van der Waals surface area (Å²) in [5.41, 5.74) is 3.70. The molecular formula is C17H27NO2. The molecule has 1 rings (SSSR count). The second-order valence-corrected chi connectivity index (χ2v) is 5.41. The van der Waals surface area contributed by atoms with E-state index in [0.29, 0.717) is 6.54 Å². The topological polar surface area (TPSA) is 40.5 Å². The van der Waals surface area contributed by atoms with Gasteiger partial charge in [0, 0.05) is 18.8 Å². The third kappa shape index (κ3) is 5.24. The van der Waals surface area contributed by atoms with E-state index in [4.69, 9.17) is 5.11 Å². The van der Waals surface area contributed by atoms with Gasteiger partial charge in [0.05, 0.1) is 6.42 Å². The first-order valence-electron chi connectivity index (χ1n) is 7.59. The molecule has 3 heteroatoms. The second-order valence-electron chi connectivity index (χ2n) is 5.41. The fraction of sp³-hybridized carbons (Fsp3) is 0.588. The number of hydrogen-bond acceptors (Lipinski definition) is 2. The van der Waals surface area contributed by atoms with Crippen molar-refractivity contribution in [3.8, 4) is 0 Å². The Bertz CT molecular complexity index is 429. The first-order valence-corrected chi connectivity index (χ1v) is 7.59. The molecule has 0 saturated carbocycles. The summed E-state index contributed by atoms with van der Waals surface area (Å²) < 4.78 is 0. The van der Waals surface area contributed by atoms with Gasteiger partial charge in [0.15, 0.2) is 0 Å². The fourth-order valence-corrected chi connectivity index (χ4v) is 2.39. The Hall–Kier alpha value is -1.51. The molecule has 0 aliphatic rings. The van der Waals surface area contributed by atoms with Crippen LogP contribution in [0.3, 0.4) is 0 Å². The minimum absolute atomic E-state index is 0.196. The van der Waals surface area contributed by atoms with E-state index in [2.05, 4.69) is 43.9 Å². The zero-order chi connectivity index (χ0) is 15.0. The molecule has 0 aromatic heterocycles. The molecule has 0 aliphatic carbocycles. The van der Waals surface area contributed by atoms with Crippen molar-refractivity contribution in [3.05, 3.63) is 29.3 Å². The van der Waals surface area contributed by atoms with E-state index >= 15 is 0 Å². The van der Waals surface area contributed by atoms with Crippen molar-refractivity contribution in [2.24, 2.45) is 0 Å². The fourth-order valence-electron chi connectivity index (χ4n) is 2.39. The first-order chi connectivity index (χ1) is 9.56. The zero-order valence-corrected chi connectivity index (χ0v) is 13.0. The Labute approximate surface area is 122 Å². The lowest BCUT2D eigenvalue weighted by atomic mass is 10.1. The normalized spacial score (nSPS) is 10.6. The number of aliphatic carboxylic acids is 1. The minimum Gasteiger partial charge on any atom is -0.481 e. The molecule has 1 N–H and O–H groups in total. The summed E-state index contributed by atoms with van der Waals surface area (Å²) in [7, 11) is 0. The summed E-state index contributed by atoms with van der Waals surface area (Å²) in [6.07, 6.45) is 5.01. The van der Waals surface area contributed by atoms with Crippen LogP contribution in [-0.4, -0.2) is 24.2 Å². The largest absolute Gasteiger partial charge is 0.481 e. The number of nitrogens with zero attached hydrogens (tertiary/aromatic N) is 1. The van der Waals surface area contributed by atoms with Gasteiger partial charge < -0.3 is 10.0 Å². The third-order valence-electron chi connectivity index (χ3n) is 3.79. The van der Waals surface area contributed by atoms with E-state index in [1.165, 1.54) is 36.1 Å². The van der Waals surface area contributed by atoms with Gasteiger partial charge in [-0.25, -0.2) is 0 Å². The molecule has 0 fully saturated rings. The van der Waals surface area contributed by atoms with E-state index in [1.807, 2.05) is 0 Å². The molecule has 0 bridgehead atoms.